The Morgan fingerprint density at radius 1 is 1.24 bits per heavy atom. The van der Waals surface area contributed by atoms with Gasteiger partial charge in [0.15, 0.2) is 0 Å². The van der Waals surface area contributed by atoms with Crippen LogP contribution in [-0.2, 0) is 16.6 Å². The van der Waals surface area contributed by atoms with Gasteiger partial charge in [-0.25, -0.2) is 8.42 Å². The molecule has 0 bridgehead atoms. The molecule has 0 aliphatic carbocycles. The van der Waals surface area contributed by atoms with Gasteiger partial charge in [-0.05, 0) is 18.1 Å². The predicted molar refractivity (Wildman–Crippen MR) is 69.9 cm³/mol. The van der Waals surface area contributed by atoms with Crippen molar-refractivity contribution >= 4 is 10.0 Å². The van der Waals surface area contributed by atoms with Gasteiger partial charge < -0.3 is 5.11 Å². The third-order valence-electron chi connectivity index (χ3n) is 3.30. The normalized spacial score (nSPS) is 17.6. The lowest BCUT2D eigenvalue weighted by molar-refractivity contribution is -0.0953. The fourth-order valence-corrected chi connectivity index (χ4v) is 3.75. The first-order valence-electron chi connectivity index (χ1n) is 6.22. The summed E-state index contributed by atoms with van der Waals surface area (Å²) in [6.45, 7) is -1.00. The third kappa shape index (κ3) is 3.28. The molecule has 1 aliphatic heterocycles. The molecule has 0 aromatic heterocycles. The summed E-state index contributed by atoms with van der Waals surface area (Å²) in [5, 5.41) is 9.19. The van der Waals surface area contributed by atoms with E-state index >= 15 is 0 Å². The van der Waals surface area contributed by atoms with Crippen molar-refractivity contribution in [2.45, 2.75) is 24.1 Å². The van der Waals surface area contributed by atoms with Crippen molar-refractivity contribution in [1.82, 2.24) is 4.31 Å². The van der Waals surface area contributed by atoms with Crippen molar-refractivity contribution in [1.29, 1.82) is 0 Å². The van der Waals surface area contributed by atoms with E-state index in [-0.39, 0.29) is 30.0 Å². The first-order valence-corrected chi connectivity index (χ1v) is 7.66. The van der Waals surface area contributed by atoms with Crippen molar-refractivity contribution in [3.05, 3.63) is 41.5 Å². The second-order valence-electron chi connectivity index (χ2n) is 4.61. The van der Waals surface area contributed by atoms with E-state index in [0.717, 1.165) is 10.4 Å². The van der Waals surface area contributed by atoms with Gasteiger partial charge in [0.2, 0.25) is 10.0 Å². The minimum absolute atomic E-state index is 0.0728. The lowest BCUT2D eigenvalue weighted by Gasteiger charge is -2.27. The second kappa shape index (κ2) is 5.78. The smallest absolute Gasteiger partial charge is 0.392 e. The molecule has 21 heavy (non-hydrogen) atoms. The zero-order valence-electron chi connectivity index (χ0n) is 11.0. The maximum absolute atomic E-state index is 12.5. The minimum atomic E-state index is -4.42. The van der Waals surface area contributed by atoms with Crippen LogP contribution in [0.3, 0.4) is 0 Å². The molecule has 0 amide bonds. The summed E-state index contributed by atoms with van der Waals surface area (Å²) in [7, 11) is -3.91. The maximum Gasteiger partial charge on any atom is 0.412 e. The standard InChI is InChI=1S/C13H14F3NO3S/c14-13(15,16)11-5-7-17(8-6-11)21(19,20)12-4-2-1-3-10(12)9-18/h1-5,18H,6-9H2. The van der Waals surface area contributed by atoms with Crippen LogP contribution in [0.4, 0.5) is 13.2 Å². The van der Waals surface area contributed by atoms with Gasteiger partial charge in [-0.2, -0.15) is 17.5 Å². The van der Waals surface area contributed by atoms with E-state index < -0.39 is 28.4 Å². The van der Waals surface area contributed by atoms with Gasteiger partial charge in [-0.15, -0.1) is 0 Å². The molecule has 0 radical (unpaired) electrons. The molecule has 2 rings (SSSR count). The van der Waals surface area contributed by atoms with Crippen LogP contribution in [0, 0.1) is 0 Å². The van der Waals surface area contributed by atoms with Gasteiger partial charge in [-0.1, -0.05) is 24.3 Å². The number of benzene rings is 1. The summed E-state index contributed by atoms with van der Waals surface area (Å²) in [4.78, 5) is -0.0728. The van der Waals surface area contributed by atoms with Gasteiger partial charge in [0.1, 0.15) is 0 Å². The van der Waals surface area contributed by atoms with E-state index in [1.807, 2.05) is 0 Å². The Hall–Kier alpha value is -1.38. The number of rotatable bonds is 3. The SMILES string of the molecule is O=S(=O)(c1ccccc1CO)N1CC=C(C(F)(F)F)CC1. The van der Waals surface area contributed by atoms with Gasteiger partial charge in [0.05, 0.1) is 11.5 Å². The number of halogens is 3. The molecular weight excluding hydrogens is 307 g/mol. The van der Waals surface area contributed by atoms with E-state index in [9.17, 15) is 26.7 Å². The summed E-state index contributed by atoms with van der Waals surface area (Å²) in [6, 6.07) is 5.90. The molecule has 8 heteroatoms. The second-order valence-corrected chi connectivity index (χ2v) is 6.51. The third-order valence-corrected chi connectivity index (χ3v) is 5.26. The number of hydrogen-bond acceptors (Lipinski definition) is 3. The van der Waals surface area contributed by atoms with E-state index in [1.54, 1.807) is 6.07 Å². The van der Waals surface area contributed by atoms with Crippen molar-refractivity contribution in [2.24, 2.45) is 0 Å². The number of hydrogen-bond donors (Lipinski definition) is 1. The summed E-state index contributed by atoms with van der Waals surface area (Å²) in [6.07, 6.45) is -3.90. The van der Waals surface area contributed by atoms with Crippen LogP contribution in [0.1, 0.15) is 12.0 Å². The van der Waals surface area contributed by atoms with Crippen LogP contribution < -0.4 is 0 Å². The fourth-order valence-electron chi connectivity index (χ4n) is 2.15. The van der Waals surface area contributed by atoms with Crippen LogP contribution in [0.2, 0.25) is 0 Å². The highest BCUT2D eigenvalue weighted by atomic mass is 32.2. The summed E-state index contributed by atoms with van der Waals surface area (Å²) in [5.41, 5.74) is -0.479. The van der Waals surface area contributed by atoms with E-state index in [4.69, 9.17) is 0 Å². The first-order chi connectivity index (χ1) is 9.76. The minimum Gasteiger partial charge on any atom is -0.392 e. The molecule has 116 valence electrons. The molecular formula is C13H14F3NO3S. The number of nitrogens with zero attached hydrogens (tertiary/aromatic N) is 1. The van der Waals surface area contributed by atoms with Crippen molar-refractivity contribution in [3.63, 3.8) is 0 Å². The molecule has 1 aromatic rings. The van der Waals surface area contributed by atoms with Gasteiger partial charge in [-0.3, -0.25) is 0 Å². The molecule has 0 atom stereocenters. The van der Waals surface area contributed by atoms with Crippen molar-refractivity contribution < 1.29 is 26.7 Å². The molecule has 1 heterocycles. The Morgan fingerprint density at radius 2 is 1.90 bits per heavy atom. The average molecular weight is 321 g/mol. The van der Waals surface area contributed by atoms with Gasteiger partial charge >= 0.3 is 6.18 Å². The lowest BCUT2D eigenvalue weighted by atomic mass is 10.1. The number of alkyl halides is 3. The van der Waals surface area contributed by atoms with Crippen molar-refractivity contribution in [3.8, 4) is 0 Å². The van der Waals surface area contributed by atoms with E-state index in [1.165, 1.54) is 18.2 Å². The topological polar surface area (TPSA) is 57.6 Å². The number of sulfonamides is 1. The van der Waals surface area contributed by atoms with Crippen LogP contribution in [0.5, 0.6) is 0 Å². The van der Waals surface area contributed by atoms with Crippen LogP contribution >= 0.6 is 0 Å². The number of aliphatic hydroxyl groups is 1. The highest BCUT2D eigenvalue weighted by Crippen LogP contribution is 2.32. The summed E-state index contributed by atoms with van der Waals surface area (Å²) >= 11 is 0. The molecule has 1 N–H and O–H groups in total. The highest BCUT2D eigenvalue weighted by molar-refractivity contribution is 7.89. The van der Waals surface area contributed by atoms with Crippen LogP contribution in [0.15, 0.2) is 40.8 Å². The van der Waals surface area contributed by atoms with Crippen LogP contribution in [0.25, 0.3) is 0 Å². The molecule has 0 saturated heterocycles. The predicted octanol–water partition coefficient (Wildman–Crippen LogP) is 2.06. The molecule has 0 saturated carbocycles. The van der Waals surface area contributed by atoms with Gasteiger partial charge in [0, 0.05) is 18.7 Å². The first kappa shape index (κ1) is 16.0. The van der Waals surface area contributed by atoms with E-state index in [2.05, 4.69) is 0 Å². The highest BCUT2D eigenvalue weighted by Gasteiger charge is 2.37. The summed E-state index contributed by atoms with van der Waals surface area (Å²) < 4.78 is 63.4. The maximum atomic E-state index is 12.5. The Morgan fingerprint density at radius 3 is 2.43 bits per heavy atom. The Labute approximate surface area is 120 Å². The molecule has 1 aliphatic rings. The summed E-state index contributed by atoms with van der Waals surface area (Å²) in [5.74, 6) is 0. The van der Waals surface area contributed by atoms with Gasteiger partial charge in [0.25, 0.3) is 0 Å². The molecule has 0 unspecified atom stereocenters. The Balaban J connectivity index is 2.29. The quantitative estimate of drug-likeness (QED) is 0.867. The monoisotopic (exact) mass is 321 g/mol. The average Bonchev–Trinajstić information content (AvgIpc) is 2.46. The molecule has 0 spiro atoms. The lowest BCUT2D eigenvalue weighted by Crippen LogP contribution is -2.37. The van der Waals surface area contributed by atoms with E-state index in [0.29, 0.717) is 0 Å². The Kier molecular flexibility index (Phi) is 4.40. The Bertz CT molecular complexity index is 653. The molecule has 1 aromatic carbocycles. The molecule has 4 nitrogen and oxygen atoms in total. The zero-order chi connectivity index (χ0) is 15.7. The van der Waals surface area contributed by atoms with Crippen molar-refractivity contribution in [2.75, 3.05) is 13.1 Å². The van der Waals surface area contributed by atoms with Crippen LogP contribution in [-0.4, -0.2) is 37.1 Å². The zero-order valence-corrected chi connectivity index (χ0v) is 11.8. The fraction of sp³-hybridized carbons (Fsp3) is 0.385. The largest absolute Gasteiger partial charge is 0.412 e. The molecule has 0 fully saturated rings. The number of aliphatic hydroxyl groups excluding tert-OH is 1.